The van der Waals surface area contributed by atoms with Gasteiger partial charge in [-0.25, -0.2) is 0 Å². The minimum Gasteiger partial charge on any atom is -0.299 e. The number of ketones is 1. The summed E-state index contributed by atoms with van der Waals surface area (Å²) in [5, 5.41) is 1.03. The Balaban J connectivity index is 2.10. The molecule has 0 N–H and O–H groups in total. The Labute approximate surface area is 69.3 Å². The fourth-order valence-corrected chi connectivity index (χ4v) is 3.01. The summed E-state index contributed by atoms with van der Waals surface area (Å²) in [6, 6.07) is 0. The zero-order valence-corrected chi connectivity index (χ0v) is 7.49. The van der Waals surface area contributed by atoms with E-state index in [0.29, 0.717) is 11.7 Å². The molecule has 2 saturated carbocycles. The molecule has 2 aliphatic carbocycles. The van der Waals surface area contributed by atoms with Crippen LogP contribution in [0.1, 0.15) is 25.7 Å². The van der Waals surface area contributed by atoms with Crippen LogP contribution in [0.25, 0.3) is 0 Å². The molecule has 1 atom stereocenters. The normalized spacial score (nSPS) is 35.3. The lowest BCUT2D eigenvalue weighted by Crippen LogP contribution is -2.55. The fraction of sp³-hybridized carbons (Fsp3) is 0.875. The van der Waals surface area contributed by atoms with Crippen molar-refractivity contribution < 1.29 is 4.79 Å². The minimum atomic E-state index is 0.184. The topological polar surface area (TPSA) is 17.1 Å². The van der Waals surface area contributed by atoms with Gasteiger partial charge in [0.1, 0.15) is 5.78 Å². The van der Waals surface area contributed by atoms with E-state index in [1.54, 1.807) is 0 Å². The number of Topliss-reactive ketones (excluding diaryl/α,β-unsaturated/α-hetero) is 1. The van der Waals surface area contributed by atoms with Gasteiger partial charge in [0.25, 0.3) is 0 Å². The summed E-state index contributed by atoms with van der Waals surface area (Å²) in [4.78, 5) is 11.2. The monoisotopic (exact) mass is 202 g/mol. The molecule has 10 heavy (non-hydrogen) atoms. The largest absolute Gasteiger partial charge is 0.299 e. The summed E-state index contributed by atoms with van der Waals surface area (Å²) < 4.78 is 0. The van der Waals surface area contributed by atoms with Gasteiger partial charge in [-0.15, -0.1) is 0 Å². The first-order chi connectivity index (χ1) is 4.79. The molecule has 0 saturated heterocycles. The first-order valence-electron chi connectivity index (χ1n) is 3.89. The fourth-order valence-electron chi connectivity index (χ4n) is 2.17. The van der Waals surface area contributed by atoms with E-state index >= 15 is 0 Å². The molecule has 0 amide bonds. The van der Waals surface area contributed by atoms with Gasteiger partial charge in [-0.05, 0) is 18.8 Å². The van der Waals surface area contributed by atoms with E-state index in [-0.39, 0.29) is 5.41 Å². The lowest BCUT2D eigenvalue weighted by molar-refractivity contribution is -0.153. The first kappa shape index (κ1) is 6.84. The lowest BCUT2D eigenvalue weighted by Gasteiger charge is -2.53. The van der Waals surface area contributed by atoms with Crippen LogP contribution in [0.5, 0.6) is 0 Å². The molecular formula is C8H11BrO. The second-order valence-corrected chi connectivity index (χ2v) is 4.14. The Morgan fingerprint density at radius 1 is 1.60 bits per heavy atom. The van der Waals surface area contributed by atoms with Gasteiger partial charge in [-0.1, -0.05) is 22.4 Å². The van der Waals surface area contributed by atoms with Crippen molar-refractivity contribution in [1.29, 1.82) is 0 Å². The Hall–Kier alpha value is 0.150. The Morgan fingerprint density at radius 2 is 2.30 bits per heavy atom. The molecule has 2 fully saturated rings. The second-order valence-electron chi connectivity index (χ2n) is 3.49. The van der Waals surface area contributed by atoms with E-state index in [4.69, 9.17) is 0 Å². The van der Waals surface area contributed by atoms with Gasteiger partial charge in [-0.3, -0.25) is 4.79 Å². The van der Waals surface area contributed by atoms with Gasteiger partial charge >= 0.3 is 0 Å². The van der Waals surface area contributed by atoms with Crippen molar-refractivity contribution in [2.45, 2.75) is 25.7 Å². The Morgan fingerprint density at radius 3 is 2.50 bits per heavy atom. The van der Waals surface area contributed by atoms with Crippen LogP contribution in [0.2, 0.25) is 0 Å². The molecule has 0 aliphatic heterocycles. The zero-order chi connectivity index (χ0) is 7.19. The van der Waals surface area contributed by atoms with Crippen LogP contribution >= 0.6 is 15.9 Å². The molecule has 1 unspecified atom stereocenters. The summed E-state index contributed by atoms with van der Waals surface area (Å²) in [5.41, 5.74) is 0.184. The smallest absolute Gasteiger partial charge is 0.139 e. The minimum absolute atomic E-state index is 0.184. The summed E-state index contributed by atoms with van der Waals surface area (Å²) in [6.07, 6.45) is 4.45. The maximum atomic E-state index is 11.2. The molecule has 0 aromatic carbocycles. The molecule has 2 heteroatoms. The van der Waals surface area contributed by atoms with Gasteiger partial charge in [0.15, 0.2) is 0 Å². The highest BCUT2D eigenvalue weighted by molar-refractivity contribution is 9.09. The lowest BCUT2D eigenvalue weighted by atomic mass is 9.49. The third kappa shape index (κ3) is 0.609. The predicted octanol–water partition coefficient (Wildman–Crippen LogP) is 2.14. The highest BCUT2D eigenvalue weighted by Gasteiger charge is 2.56. The highest BCUT2D eigenvalue weighted by atomic mass is 79.9. The Bertz CT molecular complexity index is 172. The van der Waals surface area contributed by atoms with Crippen molar-refractivity contribution in [3.63, 3.8) is 0 Å². The number of halogens is 1. The molecular weight excluding hydrogens is 192 g/mol. The van der Waals surface area contributed by atoms with Crippen molar-refractivity contribution in [3.8, 4) is 0 Å². The van der Waals surface area contributed by atoms with Crippen LogP contribution in [0.3, 0.4) is 0 Å². The van der Waals surface area contributed by atoms with E-state index in [2.05, 4.69) is 15.9 Å². The molecule has 2 aliphatic rings. The van der Waals surface area contributed by atoms with Crippen molar-refractivity contribution in [3.05, 3.63) is 0 Å². The summed E-state index contributed by atoms with van der Waals surface area (Å²) >= 11 is 3.45. The van der Waals surface area contributed by atoms with E-state index in [1.807, 2.05) is 0 Å². The molecule has 2 rings (SSSR count). The maximum Gasteiger partial charge on any atom is 0.139 e. The van der Waals surface area contributed by atoms with Crippen molar-refractivity contribution in [2.24, 2.45) is 11.3 Å². The van der Waals surface area contributed by atoms with Gasteiger partial charge in [0, 0.05) is 17.2 Å². The first-order valence-corrected chi connectivity index (χ1v) is 5.01. The number of carbonyl (C=O) groups is 1. The number of hydrogen-bond donors (Lipinski definition) is 0. The molecule has 1 nitrogen and oxygen atoms in total. The van der Waals surface area contributed by atoms with Crippen LogP contribution in [0.4, 0.5) is 0 Å². The molecule has 0 aromatic rings. The van der Waals surface area contributed by atoms with Crippen molar-refractivity contribution >= 4 is 21.7 Å². The zero-order valence-electron chi connectivity index (χ0n) is 5.90. The second kappa shape index (κ2) is 2.07. The third-order valence-corrected chi connectivity index (χ3v) is 3.98. The van der Waals surface area contributed by atoms with Gasteiger partial charge in [0.05, 0.1) is 0 Å². The number of hydrogen-bond acceptors (Lipinski definition) is 1. The quantitative estimate of drug-likeness (QED) is 0.596. The number of rotatable bonds is 1. The van der Waals surface area contributed by atoms with Crippen LogP contribution < -0.4 is 0 Å². The van der Waals surface area contributed by atoms with E-state index in [1.165, 1.54) is 19.3 Å². The molecule has 0 radical (unpaired) electrons. The third-order valence-electron chi connectivity index (χ3n) is 3.20. The van der Waals surface area contributed by atoms with Gasteiger partial charge in [-0.2, -0.15) is 0 Å². The molecule has 0 bridgehead atoms. The van der Waals surface area contributed by atoms with Crippen molar-refractivity contribution in [2.75, 3.05) is 5.33 Å². The van der Waals surface area contributed by atoms with Crippen LogP contribution in [-0.4, -0.2) is 11.1 Å². The summed E-state index contributed by atoms with van der Waals surface area (Å²) in [5.74, 6) is 1.21. The van der Waals surface area contributed by atoms with Gasteiger partial charge < -0.3 is 0 Å². The number of carbonyl (C=O) groups excluding carboxylic acids is 1. The molecule has 1 spiro atoms. The van der Waals surface area contributed by atoms with Gasteiger partial charge in [0.2, 0.25) is 0 Å². The Kier molecular flexibility index (Phi) is 1.41. The van der Waals surface area contributed by atoms with E-state index in [0.717, 1.165) is 11.8 Å². The van der Waals surface area contributed by atoms with E-state index in [9.17, 15) is 4.79 Å². The molecule has 0 heterocycles. The standard InChI is InChI=1S/C8H11BrO/c9-5-6-4-7(10)8(6)2-1-3-8/h6H,1-5H2. The SMILES string of the molecule is O=C1CC(CBr)C12CCC2. The summed E-state index contributed by atoms with van der Waals surface area (Å²) in [6.45, 7) is 0. The molecule has 0 aromatic heterocycles. The van der Waals surface area contributed by atoms with Crippen LogP contribution in [0.15, 0.2) is 0 Å². The average Bonchev–Trinajstić information content (AvgIpc) is 1.78. The van der Waals surface area contributed by atoms with Crippen LogP contribution in [-0.2, 0) is 4.79 Å². The van der Waals surface area contributed by atoms with E-state index < -0.39 is 0 Å². The van der Waals surface area contributed by atoms with Crippen LogP contribution in [0, 0.1) is 11.3 Å². The highest BCUT2D eigenvalue weighted by Crippen LogP contribution is 2.57. The average molecular weight is 203 g/mol. The summed E-state index contributed by atoms with van der Waals surface area (Å²) in [7, 11) is 0. The van der Waals surface area contributed by atoms with Crippen molar-refractivity contribution in [1.82, 2.24) is 0 Å². The maximum absolute atomic E-state index is 11.2. The molecule has 56 valence electrons. The number of alkyl halides is 1. The predicted molar refractivity (Wildman–Crippen MR) is 43.2 cm³/mol.